The Bertz CT molecular complexity index is 791. The summed E-state index contributed by atoms with van der Waals surface area (Å²) in [6, 6.07) is 10.0. The van der Waals surface area contributed by atoms with Gasteiger partial charge >= 0.3 is 0 Å². The lowest BCUT2D eigenvalue weighted by atomic mass is 10.2. The first-order valence-corrected chi connectivity index (χ1v) is 8.95. The maximum absolute atomic E-state index is 12.1. The normalized spacial score (nSPS) is 10.7. The Hall–Kier alpha value is -2.12. The Morgan fingerprint density at radius 2 is 2.09 bits per heavy atom. The van der Waals surface area contributed by atoms with Gasteiger partial charge in [0, 0.05) is 10.9 Å². The van der Waals surface area contributed by atoms with Crippen LogP contribution in [0, 0.1) is 13.8 Å². The molecule has 23 heavy (non-hydrogen) atoms. The standard InChI is InChI=1S/C16H16N4OS2/c1-10-15(11(2)20-19-10)18-14(21)9-23-16-17-13(8-22-16)12-6-4-3-5-7-12/h3-8H,9H2,1-2H3,(H,18,21)(H,19,20). The quantitative estimate of drug-likeness (QED) is 0.689. The zero-order valence-corrected chi connectivity index (χ0v) is 14.4. The topological polar surface area (TPSA) is 70.7 Å². The van der Waals surface area contributed by atoms with Gasteiger partial charge in [-0.25, -0.2) is 4.98 Å². The third kappa shape index (κ3) is 3.80. The fourth-order valence-corrected chi connectivity index (χ4v) is 3.74. The number of hydrogen-bond acceptors (Lipinski definition) is 5. The molecule has 0 unspecified atom stereocenters. The van der Waals surface area contributed by atoms with Crippen LogP contribution < -0.4 is 5.32 Å². The SMILES string of the molecule is Cc1n[nH]c(C)c1NC(=O)CSc1nc(-c2ccccc2)cs1. The molecule has 0 saturated carbocycles. The van der Waals surface area contributed by atoms with E-state index in [2.05, 4.69) is 20.5 Å². The number of anilines is 1. The van der Waals surface area contributed by atoms with Gasteiger partial charge in [0.2, 0.25) is 5.91 Å². The average Bonchev–Trinajstić information content (AvgIpc) is 3.16. The predicted molar refractivity (Wildman–Crippen MR) is 95.0 cm³/mol. The molecule has 0 bridgehead atoms. The van der Waals surface area contributed by atoms with Crippen LogP contribution in [-0.2, 0) is 4.79 Å². The second-order valence-electron chi connectivity index (χ2n) is 5.01. The minimum Gasteiger partial charge on any atom is -0.322 e. The molecule has 1 amide bonds. The molecular formula is C16H16N4OS2. The zero-order valence-electron chi connectivity index (χ0n) is 12.8. The largest absolute Gasteiger partial charge is 0.322 e. The number of aromatic amines is 1. The minimum absolute atomic E-state index is 0.0564. The van der Waals surface area contributed by atoms with Gasteiger partial charge in [-0.05, 0) is 13.8 Å². The minimum atomic E-state index is -0.0564. The number of carbonyl (C=O) groups excluding carboxylic acids is 1. The molecule has 0 aliphatic carbocycles. The highest BCUT2D eigenvalue weighted by atomic mass is 32.2. The Balaban J connectivity index is 1.59. The highest BCUT2D eigenvalue weighted by molar-refractivity contribution is 8.01. The number of hydrogen-bond donors (Lipinski definition) is 2. The molecule has 1 aromatic carbocycles. The number of amides is 1. The molecule has 0 aliphatic rings. The van der Waals surface area contributed by atoms with Crippen LogP contribution in [0.2, 0.25) is 0 Å². The first-order chi connectivity index (χ1) is 11.1. The molecule has 3 rings (SSSR count). The van der Waals surface area contributed by atoms with Crippen molar-refractivity contribution in [1.29, 1.82) is 0 Å². The molecule has 0 radical (unpaired) electrons. The van der Waals surface area contributed by atoms with Crippen LogP contribution >= 0.6 is 23.1 Å². The highest BCUT2D eigenvalue weighted by Crippen LogP contribution is 2.28. The summed E-state index contributed by atoms with van der Waals surface area (Å²) < 4.78 is 0.889. The van der Waals surface area contributed by atoms with E-state index in [1.165, 1.54) is 11.8 Å². The second kappa shape index (κ2) is 6.97. The van der Waals surface area contributed by atoms with E-state index in [0.717, 1.165) is 32.7 Å². The van der Waals surface area contributed by atoms with Crippen molar-refractivity contribution in [3.05, 3.63) is 47.1 Å². The lowest BCUT2D eigenvalue weighted by Gasteiger charge is -2.03. The summed E-state index contributed by atoms with van der Waals surface area (Å²) >= 11 is 3.00. The highest BCUT2D eigenvalue weighted by Gasteiger charge is 2.12. The van der Waals surface area contributed by atoms with Crippen LogP contribution in [0.25, 0.3) is 11.3 Å². The molecule has 0 spiro atoms. The van der Waals surface area contributed by atoms with Crippen molar-refractivity contribution in [2.45, 2.75) is 18.2 Å². The van der Waals surface area contributed by atoms with Crippen LogP contribution in [0.5, 0.6) is 0 Å². The lowest BCUT2D eigenvalue weighted by molar-refractivity contribution is -0.113. The summed E-state index contributed by atoms with van der Waals surface area (Å²) in [7, 11) is 0. The van der Waals surface area contributed by atoms with Gasteiger partial charge in [0.25, 0.3) is 0 Å². The van der Waals surface area contributed by atoms with Crippen LogP contribution in [0.3, 0.4) is 0 Å². The number of thioether (sulfide) groups is 1. The molecule has 118 valence electrons. The number of rotatable bonds is 5. The lowest BCUT2D eigenvalue weighted by Crippen LogP contribution is -2.14. The predicted octanol–water partition coefficient (Wildman–Crippen LogP) is 3.88. The van der Waals surface area contributed by atoms with Crippen LogP contribution in [-0.4, -0.2) is 26.8 Å². The summed E-state index contributed by atoms with van der Waals surface area (Å²) in [4.78, 5) is 16.6. The summed E-state index contributed by atoms with van der Waals surface area (Å²) in [6.07, 6.45) is 0. The Labute approximate surface area is 142 Å². The number of aromatic nitrogens is 3. The van der Waals surface area contributed by atoms with Gasteiger partial charge in [-0.15, -0.1) is 11.3 Å². The fourth-order valence-electron chi connectivity index (χ4n) is 2.10. The number of carbonyl (C=O) groups is 1. The van der Waals surface area contributed by atoms with Crippen LogP contribution in [0.1, 0.15) is 11.4 Å². The van der Waals surface area contributed by atoms with Crippen LogP contribution in [0.15, 0.2) is 40.1 Å². The molecular weight excluding hydrogens is 328 g/mol. The number of nitrogens with zero attached hydrogens (tertiary/aromatic N) is 2. The van der Waals surface area contributed by atoms with Crippen molar-refractivity contribution >= 4 is 34.7 Å². The number of nitrogens with one attached hydrogen (secondary N) is 2. The van der Waals surface area contributed by atoms with Gasteiger partial charge in [-0.3, -0.25) is 9.89 Å². The van der Waals surface area contributed by atoms with E-state index in [-0.39, 0.29) is 5.91 Å². The molecule has 2 heterocycles. The average molecular weight is 344 g/mol. The van der Waals surface area contributed by atoms with E-state index in [0.29, 0.717) is 5.75 Å². The van der Waals surface area contributed by atoms with Gasteiger partial charge in [0.15, 0.2) is 4.34 Å². The maximum atomic E-state index is 12.1. The van der Waals surface area contributed by atoms with Crippen molar-refractivity contribution in [3.63, 3.8) is 0 Å². The first kappa shape index (κ1) is 15.8. The number of H-pyrrole nitrogens is 1. The van der Waals surface area contributed by atoms with Gasteiger partial charge < -0.3 is 5.32 Å². The van der Waals surface area contributed by atoms with Gasteiger partial charge in [-0.1, -0.05) is 42.1 Å². The van der Waals surface area contributed by atoms with E-state index >= 15 is 0 Å². The van der Waals surface area contributed by atoms with Crippen LogP contribution in [0.4, 0.5) is 5.69 Å². The summed E-state index contributed by atoms with van der Waals surface area (Å²) in [5.41, 5.74) is 4.45. The molecule has 5 nitrogen and oxygen atoms in total. The summed E-state index contributed by atoms with van der Waals surface area (Å²) in [5, 5.41) is 11.8. The van der Waals surface area contributed by atoms with E-state index in [1.807, 2.05) is 49.6 Å². The summed E-state index contributed by atoms with van der Waals surface area (Å²) in [6.45, 7) is 3.74. The Kier molecular flexibility index (Phi) is 4.78. The Morgan fingerprint density at radius 1 is 1.30 bits per heavy atom. The summed E-state index contributed by atoms with van der Waals surface area (Å²) in [5.74, 6) is 0.269. The second-order valence-corrected chi connectivity index (χ2v) is 7.09. The molecule has 0 atom stereocenters. The van der Waals surface area contributed by atoms with Crippen molar-refractivity contribution in [2.24, 2.45) is 0 Å². The van der Waals surface area contributed by atoms with E-state index < -0.39 is 0 Å². The van der Waals surface area contributed by atoms with E-state index in [1.54, 1.807) is 11.3 Å². The molecule has 2 N–H and O–H groups in total. The fraction of sp³-hybridized carbons (Fsp3) is 0.188. The zero-order chi connectivity index (χ0) is 16.2. The van der Waals surface area contributed by atoms with E-state index in [9.17, 15) is 4.79 Å². The molecule has 3 aromatic rings. The smallest absolute Gasteiger partial charge is 0.234 e. The third-order valence-electron chi connectivity index (χ3n) is 3.27. The first-order valence-electron chi connectivity index (χ1n) is 7.08. The van der Waals surface area contributed by atoms with Gasteiger partial charge in [0.05, 0.1) is 28.5 Å². The van der Waals surface area contributed by atoms with Gasteiger partial charge in [-0.2, -0.15) is 5.10 Å². The van der Waals surface area contributed by atoms with Crippen molar-refractivity contribution in [2.75, 3.05) is 11.1 Å². The molecule has 0 aliphatic heterocycles. The monoisotopic (exact) mass is 344 g/mol. The number of benzene rings is 1. The third-order valence-corrected chi connectivity index (χ3v) is 5.29. The van der Waals surface area contributed by atoms with E-state index in [4.69, 9.17) is 0 Å². The molecule has 2 aromatic heterocycles. The van der Waals surface area contributed by atoms with Crippen molar-refractivity contribution in [1.82, 2.24) is 15.2 Å². The maximum Gasteiger partial charge on any atom is 0.234 e. The Morgan fingerprint density at radius 3 is 2.78 bits per heavy atom. The van der Waals surface area contributed by atoms with Crippen molar-refractivity contribution in [3.8, 4) is 11.3 Å². The molecule has 0 saturated heterocycles. The number of thiazole rings is 1. The van der Waals surface area contributed by atoms with Crippen molar-refractivity contribution < 1.29 is 4.79 Å². The number of aryl methyl sites for hydroxylation is 2. The molecule has 0 fully saturated rings. The van der Waals surface area contributed by atoms with Gasteiger partial charge in [0.1, 0.15) is 0 Å². The molecule has 7 heteroatoms.